The predicted octanol–water partition coefficient (Wildman–Crippen LogP) is 2.44. The maximum absolute atomic E-state index is 10.1. The molecule has 0 spiro atoms. The van der Waals surface area contributed by atoms with E-state index in [1.54, 1.807) is 0 Å². The Kier molecular flexibility index (Phi) is 1.47. The van der Waals surface area contributed by atoms with E-state index in [1.165, 1.54) is 6.42 Å². The summed E-state index contributed by atoms with van der Waals surface area (Å²) in [5.41, 5.74) is 0.104. The van der Waals surface area contributed by atoms with E-state index >= 15 is 0 Å². The van der Waals surface area contributed by atoms with Gasteiger partial charge in [0.15, 0.2) is 0 Å². The highest BCUT2D eigenvalue weighted by Gasteiger charge is 2.59. The first-order valence-corrected chi connectivity index (χ1v) is 5.08. The van der Waals surface area contributed by atoms with Crippen molar-refractivity contribution >= 4 is 0 Å². The molecule has 1 heteroatoms. The summed E-state index contributed by atoms with van der Waals surface area (Å²) in [7, 11) is 0. The molecule has 0 aromatic carbocycles. The van der Waals surface area contributed by atoms with E-state index in [1.807, 2.05) is 6.92 Å². The first-order chi connectivity index (χ1) is 5.36. The summed E-state index contributed by atoms with van der Waals surface area (Å²) in [5.74, 6) is 2.00. The summed E-state index contributed by atoms with van der Waals surface area (Å²) >= 11 is 0. The Morgan fingerprint density at radius 2 is 1.83 bits per heavy atom. The zero-order valence-corrected chi connectivity index (χ0v) is 8.59. The number of hydrogen-bond donors (Lipinski definition) is 1. The molecule has 0 aromatic rings. The average Bonchev–Trinajstić information content (AvgIpc) is 2.31. The van der Waals surface area contributed by atoms with Gasteiger partial charge in [-0.3, -0.25) is 0 Å². The van der Waals surface area contributed by atoms with Crippen LogP contribution >= 0.6 is 0 Å². The molecule has 0 heterocycles. The molecule has 0 saturated heterocycles. The Morgan fingerprint density at radius 1 is 1.25 bits per heavy atom. The fourth-order valence-corrected chi connectivity index (χ4v) is 3.49. The van der Waals surface area contributed by atoms with Crippen LogP contribution in [0.3, 0.4) is 0 Å². The summed E-state index contributed by atoms with van der Waals surface area (Å²) in [6, 6.07) is 0. The summed E-state index contributed by atoms with van der Waals surface area (Å²) < 4.78 is 0. The molecular formula is C11H20O. The van der Waals surface area contributed by atoms with Crippen molar-refractivity contribution in [1.29, 1.82) is 0 Å². The molecule has 1 nitrogen and oxygen atoms in total. The molecule has 4 atom stereocenters. The minimum Gasteiger partial charge on any atom is -0.390 e. The van der Waals surface area contributed by atoms with Crippen molar-refractivity contribution in [2.45, 2.75) is 46.1 Å². The lowest BCUT2D eigenvalue weighted by Crippen LogP contribution is -2.42. The van der Waals surface area contributed by atoms with E-state index in [0.29, 0.717) is 17.3 Å². The van der Waals surface area contributed by atoms with E-state index in [4.69, 9.17) is 0 Å². The predicted molar refractivity (Wildman–Crippen MR) is 49.8 cm³/mol. The second kappa shape index (κ2) is 2.06. The average molecular weight is 168 g/mol. The monoisotopic (exact) mass is 168 g/mol. The molecule has 0 radical (unpaired) electrons. The smallest absolute Gasteiger partial charge is 0.0653 e. The van der Waals surface area contributed by atoms with E-state index in [0.717, 1.165) is 12.3 Å². The summed E-state index contributed by atoms with van der Waals surface area (Å²) in [6.07, 6.45) is 2.27. The van der Waals surface area contributed by atoms with Crippen LogP contribution in [-0.4, -0.2) is 10.7 Å². The summed E-state index contributed by atoms with van der Waals surface area (Å²) in [4.78, 5) is 0. The number of aliphatic hydroxyl groups is 1. The molecule has 2 aliphatic rings. The Balaban J connectivity index is 2.30. The molecule has 2 saturated carbocycles. The van der Waals surface area contributed by atoms with Crippen LogP contribution in [0.1, 0.15) is 40.5 Å². The van der Waals surface area contributed by atoms with Gasteiger partial charge in [0.2, 0.25) is 0 Å². The topological polar surface area (TPSA) is 20.2 Å². The Labute approximate surface area is 75.2 Å². The van der Waals surface area contributed by atoms with Gasteiger partial charge in [0.1, 0.15) is 0 Å². The van der Waals surface area contributed by atoms with E-state index in [-0.39, 0.29) is 5.60 Å². The van der Waals surface area contributed by atoms with Crippen LogP contribution in [0.25, 0.3) is 0 Å². The molecule has 0 aromatic heterocycles. The summed E-state index contributed by atoms with van der Waals surface area (Å²) in [5, 5.41) is 10.1. The molecule has 1 N–H and O–H groups in total. The SMILES string of the molecule is C[C@@H]1[C@@H]2C[C@@H](C[C@]2(C)O)C1(C)C. The largest absolute Gasteiger partial charge is 0.390 e. The molecule has 0 aliphatic heterocycles. The normalized spacial score (nSPS) is 56.2. The first-order valence-electron chi connectivity index (χ1n) is 5.08. The van der Waals surface area contributed by atoms with E-state index < -0.39 is 0 Å². The van der Waals surface area contributed by atoms with Gasteiger partial charge >= 0.3 is 0 Å². The van der Waals surface area contributed by atoms with Gasteiger partial charge in [-0.15, -0.1) is 0 Å². The van der Waals surface area contributed by atoms with Crippen molar-refractivity contribution in [3.05, 3.63) is 0 Å². The van der Waals surface area contributed by atoms with Crippen molar-refractivity contribution < 1.29 is 5.11 Å². The van der Waals surface area contributed by atoms with Gasteiger partial charge in [0.05, 0.1) is 5.60 Å². The highest BCUT2D eigenvalue weighted by Crippen LogP contribution is 2.62. The molecule has 12 heavy (non-hydrogen) atoms. The Bertz CT molecular complexity index is 201. The molecule has 2 fully saturated rings. The maximum Gasteiger partial charge on any atom is 0.0653 e. The second-order valence-corrected chi connectivity index (χ2v) is 5.71. The lowest BCUT2D eigenvalue weighted by molar-refractivity contribution is -0.0537. The van der Waals surface area contributed by atoms with Crippen LogP contribution in [0, 0.1) is 23.2 Å². The van der Waals surface area contributed by atoms with Crippen molar-refractivity contribution in [1.82, 2.24) is 0 Å². The van der Waals surface area contributed by atoms with Gasteiger partial charge in [0, 0.05) is 0 Å². The second-order valence-electron chi connectivity index (χ2n) is 5.71. The third kappa shape index (κ3) is 0.834. The Morgan fingerprint density at radius 3 is 2.17 bits per heavy atom. The van der Waals surface area contributed by atoms with Gasteiger partial charge < -0.3 is 5.11 Å². The fourth-order valence-electron chi connectivity index (χ4n) is 3.49. The molecule has 2 rings (SSSR count). The van der Waals surface area contributed by atoms with Crippen LogP contribution in [0.5, 0.6) is 0 Å². The highest BCUT2D eigenvalue weighted by atomic mass is 16.3. The van der Waals surface area contributed by atoms with Gasteiger partial charge in [-0.05, 0) is 42.9 Å². The molecular weight excluding hydrogens is 148 g/mol. The fraction of sp³-hybridized carbons (Fsp3) is 1.00. The molecule has 0 unspecified atom stereocenters. The number of fused-ring (bicyclic) bond motifs is 2. The lowest BCUT2D eigenvalue weighted by atomic mass is 9.65. The third-order valence-electron chi connectivity index (χ3n) is 4.83. The number of rotatable bonds is 0. The van der Waals surface area contributed by atoms with Gasteiger partial charge in [-0.25, -0.2) is 0 Å². The van der Waals surface area contributed by atoms with Crippen LogP contribution in [0.2, 0.25) is 0 Å². The zero-order valence-electron chi connectivity index (χ0n) is 8.59. The number of hydrogen-bond acceptors (Lipinski definition) is 1. The minimum atomic E-state index is -0.362. The molecule has 2 bridgehead atoms. The first kappa shape index (κ1) is 8.55. The Hall–Kier alpha value is -0.0400. The van der Waals surface area contributed by atoms with Gasteiger partial charge in [0.25, 0.3) is 0 Å². The van der Waals surface area contributed by atoms with Gasteiger partial charge in [-0.1, -0.05) is 20.8 Å². The third-order valence-corrected chi connectivity index (χ3v) is 4.83. The van der Waals surface area contributed by atoms with Crippen LogP contribution < -0.4 is 0 Å². The standard InChI is InChI=1S/C11H20O/c1-7-9-5-8(10(7,2)3)6-11(9,4)12/h7-9,12H,5-6H2,1-4H3/t7-,8+,9+,11+/m1/s1. The van der Waals surface area contributed by atoms with Crippen molar-refractivity contribution in [2.75, 3.05) is 0 Å². The van der Waals surface area contributed by atoms with E-state index in [2.05, 4.69) is 20.8 Å². The molecule has 0 amide bonds. The zero-order chi connectivity index (χ0) is 9.15. The van der Waals surface area contributed by atoms with Crippen LogP contribution in [-0.2, 0) is 0 Å². The quantitative estimate of drug-likeness (QED) is 0.589. The van der Waals surface area contributed by atoms with Crippen LogP contribution in [0.4, 0.5) is 0 Å². The van der Waals surface area contributed by atoms with Crippen molar-refractivity contribution in [3.8, 4) is 0 Å². The maximum atomic E-state index is 10.1. The minimum absolute atomic E-state index is 0.362. The highest BCUT2D eigenvalue weighted by molar-refractivity contribution is 5.09. The van der Waals surface area contributed by atoms with Crippen molar-refractivity contribution in [3.63, 3.8) is 0 Å². The van der Waals surface area contributed by atoms with Crippen LogP contribution in [0.15, 0.2) is 0 Å². The molecule has 2 aliphatic carbocycles. The summed E-state index contributed by atoms with van der Waals surface area (Å²) in [6.45, 7) is 9.04. The van der Waals surface area contributed by atoms with E-state index in [9.17, 15) is 5.11 Å². The van der Waals surface area contributed by atoms with Crippen molar-refractivity contribution in [2.24, 2.45) is 23.2 Å². The van der Waals surface area contributed by atoms with Gasteiger partial charge in [-0.2, -0.15) is 0 Å². The molecule has 70 valence electrons. The lowest BCUT2D eigenvalue weighted by Gasteiger charge is -2.43.